The maximum atomic E-state index is 12.2. The van der Waals surface area contributed by atoms with E-state index in [1.807, 2.05) is 31.2 Å². The molecule has 2 aromatic rings. The Morgan fingerprint density at radius 1 is 1.04 bits per heavy atom. The number of hydrogen-bond donors (Lipinski definition) is 1. The van der Waals surface area contributed by atoms with E-state index in [0.717, 1.165) is 12.0 Å². The molecule has 0 heterocycles. The predicted octanol–water partition coefficient (Wildman–Crippen LogP) is 2.35. The van der Waals surface area contributed by atoms with Crippen LogP contribution in [0.4, 0.5) is 0 Å². The summed E-state index contributed by atoms with van der Waals surface area (Å²) in [5, 5.41) is 0. The molecular formula is C20H23NO6S. The van der Waals surface area contributed by atoms with Gasteiger partial charge in [-0.1, -0.05) is 31.2 Å². The van der Waals surface area contributed by atoms with Crippen LogP contribution in [0.25, 0.3) is 0 Å². The van der Waals surface area contributed by atoms with Gasteiger partial charge in [-0.15, -0.1) is 0 Å². The Labute approximate surface area is 164 Å². The van der Waals surface area contributed by atoms with Crippen molar-refractivity contribution in [3.63, 3.8) is 0 Å². The first-order valence-corrected chi connectivity index (χ1v) is 10.3. The molecule has 0 bridgehead atoms. The van der Waals surface area contributed by atoms with Crippen molar-refractivity contribution in [2.75, 3.05) is 19.8 Å². The minimum absolute atomic E-state index is 0.00419. The van der Waals surface area contributed by atoms with Gasteiger partial charge in [0.05, 0.1) is 4.90 Å². The van der Waals surface area contributed by atoms with Gasteiger partial charge < -0.3 is 9.47 Å². The second-order valence-corrected chi connectivity index (χ2v) is 7.74. The molecular weight excluding hydrogens is 382 g/mol. The van der Waals surface area contributed by atoms with E-state index in [0.29, 0.717) is 11.3 Å². The van der Waals surface area contributed by atoms with E-state index < -0.39 is 22.5 Å². The largest absolute Gasteiger partial charge is 0.490 e. The van der Waals surface area contributed by atoms with Gasteiger partial charge in [-0.3, -0.25) is 9.59 Å². The number of carbonyl (C=O) groups excluding carboxylic acids is 2. The first kappa shape index (κ1) is 21.6. The fourth-order valence-corrected chi connectivity index (χ4v) is 3.30. The third-order valence-corrected chi connectivity index (χ3v) is 5.32. The molecule has 2 aromatic carbocycles. The van der Waals surface area contributed by atoms with Crippen molar-refractivity contribution in [3.05, 3.63) is 59.7 Å². The third-order valence-electron chi connectivity index (χ3n) is 3.90. The molecule has 150 valence electrons. The molecule has 8 heteroatoms. The average molecular weight is 405 g/mol. The van der Waals surface area contributed by atoms with Gasteiger partial charge in [0.15, 0.2) is 5.78 Å². The number of aryl methyl sites for hydroxylation is 1. The number of carbonyl (C=O) groups is 2. The summed E-state index contributed by atoms with van der Waals surface area (Å²) in [6.07, 6.45) is 0.893. The SMILES string of the molecule is CCc1cccc(OCCOC(=O)CNS(=O)(=O)c2ccc(C(C)=O)cc2)c1. The van der Waals surface area contributed by atoms with Crippen LogP contribution in [-0.2, 0) is 26.0 Å². The molecule has 0 radical (unpaired) electrons. The van der Waals surface area contributed by atoms with E-state index in [1.54, 1.807) is 0 Å². The van der Waals surface area contributed by atoms with Crippen LogP contribution >= 0.6 is 0 Å². The second-order valence-electron chi connectivity index (χ2n) is 5.98. The van der Waals surface area contributed by atoms with Gasteiger partial charge in [0.1, 0.15) is 25.5 Å². The first-order valence-electron chi connectivity index (χ1n) is 8.80. The molecule has 0 unspecified atom stereocenters. The first-order chi connectivity index (χ1) is 13.3. The van der Waals surface area contributed by atoms with E-state index in [4.69, 9.17) is 9.47 Å². The van der Waals surface area contributed by atoms with Crippen LogP contribution in [0.1, 0.15) is 29.8 Å². The van der Waals surface area contributed by atoms with E-state index >= 15 is 0 Å². The van der Waals surface area contributed by atoms with Crippen molar-refractivity contribution in [2.45, 2.75) is 25.2 Å². The highest BCUT2D eigenvalue weighted by Gasteiger charge is 2.16. The molecule has 0 aromatic heterocycles. The molecule has 7 nitrogen and oxygen atoms in total. The number of esters is 1. The van der Waals surface area contributed by atoms with Gasteiger partial charge in [0.25, 0.3) is 0 Å². The zero-order valence-electron chi connectivity index (χ0n) is 15.8. The summed E-state index contributed by atoms with van der Waals surface area (Å²) in [4.78, 5) is 22.9. The minimum atomic E-state index is -3.87. The highest BCUT2D eigenvalue weighted by molar-refractivity contribution is 7.89. The zero-order valence-corrected chi connectivity index (χ0v) is 16.6. The maximum absolute atomic E-state index is 12.2. The summed E-state index contributed by atoms with van der Waals surface area (Å²) in [6, 6.07) is 13.1. The highest BCUT2D eigenvalue weighted by atomic mass is 32.2. The molecule has 0 amide bonds. The summed E-state index contributed by atoms with van der Waals surface area (Å²) >= 11 is 0. The summed E-state index contributed by atoms with van der Waals surface area (Å²) in [6.45, 7) is 3.10. The number of Topliss-reactive ketones (excluding diaryl/α,β-unsaturated/α-hetero) is 1. The van der Waals surface area contributed by atoms with Gasteiger partial charge >= 0.3 is 5.97 Å². The van der Waals surface area contributed by atoms with Crippen molar-refractivity contribution in [1.82, 2.24) is 4.72 Å². The summed E-state index contributed by atoms with van der Waals surface area (Å²) < 4.78 is 37.0. The van der Waals surface area contributed by atoms with Gasteiger partial charge in [-0.05, 0) is 43.2 Å². The molecule has 0 saturated carbocycles. The Morgan fingerprint density at radius 2 is 1.75 bits per heavy atom. The van der Waals surface area contributed by atoms with Crippen LogP contribution in [0, 0.1) is 0 Å². The average Bonchev–Trinajstić information content (AvgIpc) is 2.70. The molecule has 0 aliphatic rings. The molecule has 1 N–H and O–H groups in total. The van der Waals surface area contributed by atoms with Crippen molar-refractivity contribution >= 4 is 21.8 Å². The molecule has 0 atom stereocenters. The number of ether oxygens (including phenoxy) is 2. The summed E-state index contributed by atoms with van der Waals surface area (Å²) in [5.41, 5.74) is 1.54. The summed E-state index contributed by atoms with van der Waals surface area (Å²) in [5.74, 6) is -0.191. The van der Waals surface area contributed by atoms with Crippen molar-refractivity contribution < 1.29 is 27.5 Å². The normalized spacial score (nSPS) is 11.1. The van der Waals surface area contributed by atoms with Crippen LogP contribution in [0.5, 0.6) is 5.75 Å². The van der Waals surface area contributed by atoms with Crippen LogP contribution in [0.2, 0.25) is 0 Å². The molecule has 0 spiro atoms. The van der Waals surface area contributed by atoms with Gasteiger partial charge in [0.2, 0.25) is 10.0 Å². The van der Waals surface area contributed by atoms with Crippen molar-refractivity contribution in [2.24, 2.45) is 0 Å². The Balaban J connectivity index is 1.75. The molecule has 28 heavy (non-hydrogen) atoms. The van der Waals surface area contributed by atoms with E-state index in [9.17, 15) is 18.0 Å². The number of benzene rings is 2. The Bertz CT molecular complexity index is 922. The van der Waals surface area contributed by atoms with Crippen LogP contribution in [-0.4, -0.2) is 39.9 Å². The highest BCUT2D eigenvalue weighted by Crippen LogP contribution is 2.13. The second kappa shape index (κ2) is 10.0. The minimum Gasteiger partial charge on any atom is -0.490 e. The molecule has 0 aliphatic heterocycles. The van der Waals surface area contributed by atoms with Crippen LogP contribution in [0.3, 0.4) is 0 Å². The lowest BCUT2D eigenvalue weighted by molar-refractivity contribution is -0.142. The third kappa shape index (κ3) is 6.47. The molecule has 0 fully saturated rings. The van der Waals surface area contributed by atoms with Gasteiger partial charge in [-0.2, -0.15) is 4.72 Å². The standard InChI is InChI=1S/C20H23NO6S/c1-3-16-5-4-6-18(13-16)26-11-12-27-20(23)14-21-28(24,25)19-9-7-17(8-10-19)15(2)22/h4-10,13,21H,3,11-12,14H2,1-2H3. The van der Waals surface area contributed by atoms with E-state index in [2.05, 4.69) is 4.72 Å². The number of hydrogen-bond acceptors (Lipinski definition) is 6. The molecule has 2 rings (SSSR count). The van der Waals surface area contributed by atoms with Gasteiger partial charge in [0, 0.05) is 5.56 Å². The number of ketones is 1. The quantitative estimate of drug-likeness (QED) is 0.370. The van der Waals surface area contributed by atoms with Gasteiger partial charge in [-0.25, -0.2) is 8.42 Å². The number of rotatable bonds is 10. The molecule has 0 saturated heterocycles. The lowest BCUT2D eigenvalue weighted by Crippen LogP contribution is -2.31. The van der Waals surface area contributed by atoms with Crippen molar-refractivity contribution in [3.8, 4) is 5.75 Å². The lowest BCUT2D eigenvalue weighted by Gasteiger charge is -2.09. The maximum Gasteiger partial charge on any atom is 0.321 e. The molecule has 0 aliphatic carbocycles. The number of nitrogens with one attached hydrogen (secondary N) is 1. The fourth-order valence-electron chi connectivity index (χ4n) is 2.33. The monoisotopic (exact) mass is 405 g/mol. The van der Waals surface area contributed by atoms with E-state index in [-0.39, 0.29) is 23.9 Å². The fraction of sp³-hybridized carbons (Fsp3) is 0.300. The van der Waals surface area contributed by atoms with Crippen LogP contribution in [0.15, 0.2) is 53.4 Å². The summed E-state index contributed by atoms with van der Waals surface area (Å²) in [7, 11) is -3.87. The van der Waals surface area contributed by atoms with Crippen LogP contribution < -0.4 is 9.46 Å². The Hall–Kier alpha value is -2.71. The van der Waals surface area contributed by atoms with Crippen molar-refractivity contribution in [1.29, 1.82) is 0 Å². The lowest BCUT2D eigenvalue weighted by atomic mass is 10.2. The topological polar surface area (TPSA) is 98.8 Å². The number of sulfonamides is 1. The zero-order chi connectivity index (χ0) is 20.6. The Morgan fingerprint density at radius 3 is 2.39 bits per heavy atom. The Kier molecular flexibility index (Phi) is 7.71. The van der Waals surface area contributed by atoms with E-state index in [1.165, 1.54) is 31.2 Å². The predicted molar refractivity (Wildman–Crippen MR) is 104 cm³/mol. The smallest absolute Gasteiger partial charge is 0.321 e.